The molecule has 0 atom stereocenters. The molecule has 496 valence electrons. The van der Waals surface area contributed by atoms with Gasteiger partial charge in [-0.25, -0.2) is 24.9 Å². The summed E-state index contributed by atoms with van der Waals surface area (Å²) in [4.78, 5) is 88.7. The van der Waals surface area contributed by atoms with E-state index in [-0.39, 0.29) is 35.6 Å². The van der Waals surface area contributed by atoms with E-state index in [4.69, 9.17) is 57.0 Å². The van der Waals surface area contributed by atoms with E-state index in [2.05, 4.69) is 106 Å². The molecule has 3 saturated carbocycles. The summed E-state index contributed by atoms with van der Waals surface area (Å²) < 4.78 is 21.7. The number of carbonyl (C=O) groups is 4. The Hall–Kier alpha value is -8.60. The van der Waals surface area contributed by atoms with Crippen molar-refractivity contribution in [2.24, 2.45) is 27.7 Å². The second-order valence-corrected chi connectivity index (χ2v) is 27.9. The van der Waals surface area contributed by atoms with Crippen LogP contribution >= 0.6 is 15.9 Å². The number of Topliss-reactive ketones (excluding diaryl/α,β-unsaturated/α-hetero) is 1. The van der Waals surface area contributed by atoms with Crippen molar-refractivity contribution in [3.8, 4) is 11.8 Å². The number of aromatic amines is 1. The number of fused-ring (bicyclic) bond motifs is 2. The molecule has 0 spiro atoms. The number of nitrogens with one attached hydrogen (secondary N) is 1. The van der Waals surface area contributed by atoms with Crippen LogP contribution in [0.25, 0.3) is 0 Å². The summed E-state index contributed by atoms with van der Waals surface area (Å²) in [6.07, 6.45) is 18.0. The van der Waals surface area contributed by atoms with Crippen LogP contribution in [0.3, 0.4) is 0 Å². The summed E-state index contributed by atoms with van der Waals surface area (Å²) in [6.45, 7) is 16.2. The number of nitrogens with zero attached hydrogens (tertiary/aromatic N) is 7. The molecule has 3 aromatic carbocycles. The first-order chi connectivity index (χ1) is 44.2. The van der Waals surface area contributed by atoms with E-state index in [9.17, 15) is 24.0 Å². The first kappa shape index (κ1) is 70.3. The lowest BCUT2D eigenvalue weighted by molar-refractivity contribution is -0.145. The van der Waals surface area contributed by atoms with Gasteiger partial charge in [0.05, 0.1) is 35.3 Å². The fourth-order valence-electron chi connectivity index (χ4n) is 12.8. The number of nitrogen functional groups attached to an aromatic ring is 4. The number of alkyl halides is 1. The third-order valence-electron chi connectivity index (χ3n) is 17.9. The van der Waals surface area contributed by atoms with Crippen molar-refractivity contribution < 1.29 is 43.2 Å². The van der Waals surface area contributed by atoms with Crippen molar-refractivity contribution in [3.63, 3.8) is 0 Å². The van der Waals surface area contributed by atoms with Crippen LogP contribution in [-0.4, -0.2) is 98.9 Å². The van der Waals surface area contributed by atoms with Gasteiger partial charge in [0, 0.05) is 36.0 Å². The number of carboxylic acids is 1. The number of hydrogen-bond donors (Lipinski definition) is 6. The summed E-state index contributed by atoms with van der Waals surface area (Å²) in [5, 5.41) is 8.99. The van der Waals surface area contributed by atoms with Crippen LogP contribution < -0.4 is 38.0 Å². The lowest BCUT2D eigenvalue weighted by Gasteiger charge is -2.32. The van der Waals surface area contributed by atoms with Gasteiger partial charge < -0.3 is 52.0 Å². The molecule has 2 aliphatic heterocycles. The number of anilines is 4. The van der Waals surface area contributed by atoms with E-state index in [1.54, 1.807) is 0 Å². The molecule has 0 radical (unpaired) electrons. The Labute approximate surface area is 552 Å². The van der Waals surface area contributed by atoms with Crippen LogP contribution in [-0.2, 0) is 23.9 Å². The van der Waals surface area contributed by atoms with Crippen molar-refractivity contribution in [3.05, 3.63) is 136 Å². The van der Waals surface area contributed by atoms with E-state index in [0.29, 0.717) is 96.3 Å². The zero-order valence-corrected chi connectivity index (χ0v) is 56.2. The second kappa shape index (κ2) is 31.3. The summed E-state index contributed by atoms with van der Waals surface area (Å²) >= 11 is 3.43. The van der Waals surface area contributed by atoms with Crippen LogP contribution in [0.5, 0.6) is 11.8 Å². The summed E-state index contributed by atoms with van der Waals surface area (Å²) in [5.74, 6) is 3.52. The first-order valence-corrected chi connectivity index (χ1v) is 33.0. The number of rotatable bonds is 15. The molecule has 0 unspecified atom stereocenters. The molecule has 10 N–H and O–H groups in total. The molecule has 3 aliphatic carbocycles. The minimum Gasteiger partial charge on any atom is -0.481 e. The predicted octanol–water partition coefficient (Wildman–Crippen LogP) is 12.9. The van der Waals surface area contributed by atoms with E-state index >= 15 is 0 Å². The van der Waals surface area contributed by atoms with Crippen molar-refractivity contribution in [1.29, 1.82) is 0 Å². The normalized spacial score (nSPS) is 20.9. The molecule has 0 amide bonds. The molecule has 23 heteroatoms. The van der Waals surface area contributed by atoms with Gasteiger partial charge in [-0.05, 0) is 185 Å². The van der Waals surface area contributed by atoms with Gasteiger partial charge in [0.2, 0.25) is 11.8 Å². The fraction of sp³-hybridized carbons (Fsp3) is 0.486. The maximum Gasteiger partial charge on any atom is 0.306 e. The standard InChI is InChI=1S/C24H30N4O3.C22H26N4O3.C20H27BrO3.C4H6N4O/c1-4-30-19(29)13-15-5-7-16(8-6-15)17-9-11-18(12-10-17)21-24(2,3)31-23-20(28-21)22(25)26-14-27-23;1-22(2)19(26-18-20(23)24-12-25-21(18)29-22)16-9-7-15(8-10-16)14-5-3-13(4-6-14)11-17(27)28;1-4-24-18(22)13-14-5-7-15(8-6-14)16-9-11-17(12-10-16)19(23)20(2,3)21;5-2-3(6)7-1-8-4(2)9/h9-12,14-16H,4-8,13H2,1-3H3,(H2,25,26,27);7-10,12-14H,3-6,11H2,1-2H3,(H,27,28)(H2,23,24,25);9-12,14-15H,4-8,13H2,1-3H3;1H,5H2,(H3,6,7,8,9). The number of ether oxygens (including phenoxy) is 4. The van der Waals surface area contributed by atoms with E-state index in [1.165, 1.54) is 35.7 Å². The van der Waals surface area contributed by atoms with Crippen LogP contribution in [0, 0.1) is 17.8 Å². The maximum atomic E-state index is 12.3. The number of aliphatic imine (C=N–C) groups is 2. The van der Waals surface area contributed by atoms with Crippen LogP contribution in [0.1, 0.15) is 208 Å². The van der Waals surface area contributed by atoms with Gasteiger partial charge in [0.25, 0.3) is 5.56 Å². The Bertz CT molecular complexity index is 3680. The second-order valence-electron chi connectivity index (χ2n) is 25.9. The molecule has 0 saturated heterocycles. The minimum absolute atomic E-state index is 0.0301. The summed E-state index contributed by atoms with van der Waals surface area (Å²) in [7, 11) is 0. The van der Waals surface area contributed by atoms with Crippen LogP contribution in [0.15, 0.2) is 107 Å². The number of carbonyl (C=O) groups excluding carboxylic acids is 3. The lowest BCUT2D eigenvalue weighted by atomic mass is 9.77. The molecule has 6 aromatic rings. The number of benzene rings is 3. The Balaban J connectivity index is 0.000000169. The number of aromatic nitrogens is 6. The minimum atomic E-state index is -0.691. The lowest BCUT2D eigenvalue weighted by Crippen LogP contribution is -2.41. The summed E-state index contributed by atoms with van der Waals surface area (Å²) in [5.41, 5.74) is 29.8. The first-order valence-electron chi connectivity index (χ1n) is 32.2. The Morgan fingerprint density at radius 1 is 0.559 bits per heavy atom. The number of ketones is 1. The molecule has 3 aromatic heterocycles. The van der Waals surface area contributed by atoms with E-state index in [1.807, 2.05) is 67.5 Å². The van der Waals surface area contributed by atoms with Gasteiger partial charge in [-0.15, -0.1) is 0 Å². The third kappa shape index (κ3) is 18.8. The molecule has 0 bridgehead atoms. The molecular formula is C70H89BrN12O10. The van der Waals surface area contributed by atoms with Crippen LogP contribution in [0.2, 0.25) is 0 Å². The number of hydrogen-bond acceptors (Lipinski definition) is 20. The van der Waals surface area contributed by atoms with Crippen molar-refractivity contribution in [1.82, 2.24) is 29.9 Å². The van der Waals surface area contributed by atoms with Gasteiger partial charge >= 0.3 is 17.9 Å². The number of H-pyrrole nitrogens is 1. The van der Waals surface area contributed by atoms with Gasteiger partial charge in [-0.2, -0.15) is 9.97 Å². The highest BCUT2D eigenvalue weighted by Crippen LogP contribution is 2.44. The Morgan fingerprint density at radius 2 is 0.925 bits per heavy atom. The molecule has 11 rings (SSSR count). The Morgan fingerprint density at radius 3 is 1.26 bits per heavy atom. The van der Waals surface area contributed by atoms with Crippen molar-refractivity contribution in [2.45, 2.75) is 185 Å². The average Bonchev–Trinajstić information content (AvgIpc) is 0.787. The maximum absolute atomic E-state index is 12.3. The zero-order chi connectivity index (χ0) is 67.2. The van der Waals surface area contributed by atoms with Gasteiger partial charge in [0.15, 0.2) is 34.6 Å². The number of esters is 2. The highest BCUT2D eigenvalue weighted by atomic mass is 79.9. The monoisotopic (exact) mass is 1340 g/mol. The third-order valence-corrected chi connectivity index (χ3v) is 18.2. The predicted molar refractivity (Wildman–Crippen MR) is 364 cm³/mol. The largest absolute Gasteiger partial charge is 0.481 e. The SMILES string of the molecule is CC1(C)Oc2ncnc(N)c2N=C1c1ccc(C2CCC(CC(=O)O)CC2)cc1.CCOC(=O)CC1CCC(c2ccc(C(=O)C(C)(C)Br)cc2)CC1.CCOC(=O)CC1CCC(c2ccc(C3=Nc4c(N)ncnc4OC3(C)C)cc2)CC1.Nc1nc[nH]c(=O)c1N. The molecule has 5 heterocycles. The zero-order valence-electron chi connectivity index (χ0n) is 54.6. The number of carboxylic acid groups (broad SMARTS) is 1. The molecule has 22 nitrogen and oxygen atoms in total. The quantitative estimate of drug-likeness (QED) is 0.0316. The van der Waals surface area contributed by atoms with Gasteiger partial charge in [-0.1, -0.05) is 88.7 Å². The molecule has 5 aliphatic rings. The van der Waals surface area contributed by atoms with Crippen molar-refractivity contribution in [2.75, 3.05) is 36.1 Å². The van der Waals surface area contributed by atoms with Gasteiger partial charge in [-0.3, -0.25) is 24.0 Å². The fourth-order valence-corrected chi connectivity index (χ4v) is 13.0. The highest BCUT2D eigenvalue weighted by molar-refractivity contribution is 9.10. The van der Waals surface area contributed by atoms with E-state index in [0.717, 1.165) is 105 Å². The summed E-state index contributed by atoms with van der Waals surface area (Å²) in [6, 6.07) is 25.1. The highest BCUT2D eigenvalue weighted by Gasteiger charge is 2.38. The van der Waals surface area contributed by atoms with Crippen LogP contribution in [0.4, 0.5) is 34.5 Å². The number of nitrogens with two attached hydrogens (primary N) is 4. The smallest absolute Gasteiger partial charge is 0.306 e. The topological polar surface area (TPSA) is 352 Å². The van der Waals surface area contributed by atoms with Gasteiger partial charge in [0.1, 0.15) is 29.5 Å². The Kier molecular flexibility index (Phi) is 23.7. The van der Waals surface area contributed by atoms with E-state index < -0.39 is 27.1 Å². The number of halogens is 1. The molecule has 93 heavy (non-hydrogen) atoms. The molecule has 3 fully saturated rings. The molecular weight excluding hydrogens is 1250 g/mol. The number of aliphatic carboxylic acids is 1. The average molecular weight is 1340 g/mol. The van der Waals surface area contributed by atoms with Crippen molar-refractivity contribution >= 4 is 85.6 Å².